The first-order chi connectivity index (χ1) is 12.7. The predicted molar refractivity (Wildman–Crippen MR) is 99.2 cm³/mol. The second-order valence-electron chi connectivity index (χ2n) is 7.27. The predicted octanol–water partition coefficient (Wildman–Crippen LogP) is 2.75. The molecule has 0 spiro atoms. The van der Waals surface area contributed by atoms with E-state index in [0.717, 1.165) is 42.6 Å². The van der Waals surface area contributed by atoms with Gasteiger partial charge in [0, 0.05) is 30.0 Å². The summed E-state index contributed by atoms with van der Waals surface area (Å²) in [7, 11) is 0. The zero-order valence-electron chi connectivity index (χ0n) is 15.3. The summed E-state index contributed by atoms with van der Waals surface area (Å²) >= 11 is 0. The third-order valence-corrected chi connectivity index (χ3v) is 5.35. The molecule has 1 amide bonds. The molecule has 5 heteroatoms. The molecule has 2 heterocycles. The first-order valence-electron chi connectivity index (χ1n) is 9.49. The van der Waals surface area contributed by atoms with E-state index < -0.39 is 0 Å². The van der Waals surface area contributed by atoms with Crippen LogP contribution in [0, 0.1) is 6.92 Å². The first-order valence-corrected chi connectivity index (χ1v) is 9.49. The molecule has 1 aromatic carbocycles. The van der Waals surface area contributed by atoms with E-state index in [-0.39, 0.29) is 12.0 Å². The summed E-state index contributed by atoms with van der Waals surface area (Å²) in [5, 5.41) is 0. The van der Waals surface area contributed by atoms with Gasteiger partial charge in [0.15, 0.2) is 0 Å². The second kappa shape index (κ2) is 7.54. The van der Waals surface area contributed by atoms with Gasteiger partial charge < -0.3 is 9.64 Å². The summed E-state index contributed by atoms with van der Waals surface area (Å²) < 4.78 is 5.88. The van der Waals surface area contributed by atoms with Crippen molar-refractivity contribution in [2.24, 2.45) is 0 Å². The van der Waals surface area contributed by atoms with Crippen molar-refractivity contribution >= 4 is 5.91 Å². The Morgan fingerprint density at radius 1 is 1.23 bits per heavy atom. The quantitative estimate of drug-likeness (QED) is 0.850. The molecule has 4 rings (SSSR count). The highest BCUT2D eigenvalue weighted by Gasteiger charge is 2.25. The van der Waals surface area contributed by atoms with Gasteiger partial charge in [-0.3, -0.25) is 4.79 Å². The smallest absolute Gasteiger partial charge is 0.254 e. The lowest BCUT2D eigenvalue weighted by molar-refractivity contribution is -0.0247. The second-order valence-corrected chi connectivity index (χ2v) is 7.27. The van der Waals surface area contributed by atoms with Gasteiger partial charge in [0.1, 0.15) is 6.33 Å². The van der Waals surface area contributed by atoms with Crippen LogP contribution >= 0.6 is 0 Å². The van der Waals surface area contributed by atoms with Gasteiger partial charge in [0.05, 0.1) is 12.7 Å². The number of ether oxygens (including phenoxy) is 1. The maximum atomic E-state index is 12.9. The molecule has 1 atom stereocenters. The topological polar surface area (TPSA) is 55.3 Å². The summed E-state index contributed by atoms with van der Waals surface area (Å²) in [6, 6.07) is 8.22. The van der Waals surface area contributed by atoms with Gasteiger partial charge in [0.2, 0.25) is 0 Å². The van der Waals surface area contributed by atoms with Gasteiger partial charge in [-0.15, -0.1) is 0 Å². The standard InChI is InChI=1S/C21H25N3O2/c1-15-11-19(23-14-22-15)7-8-20-13-24(9-10-26-20)21(25)18-6-5-16-3-2-4-17(16)12-18/h5-6,11-12,14,20H,2-4,7-10,13H2,1H3/t20-/m0/s1. The van der Waals surface area contributed by atoms with E-state index in [4.69, 9.17) is 4.74 Å². The lowest BCUT2D eigenvalue weighted by Gasteiger charge is -2.33. The monoisotopic (exact) mass is 351 g/mol. The number of amides is 1. The van der Waals surface area contributed by atoms with Gasteiger partial charge in [0.25, 0.3) is 5.91 Å². The average Bonchev–Trinajstić information content (AvgIpc) is 3.14. The van der Waals surface area contributed by atoms with Crippen molar-refractivity contribution in [1.82, 2.24) is 14.9 Å². The van der Waals surface area contributed by atoms with Crippen LogP contribution in [0.15, 0.2) is 30.6 Å². The molecule has 5 nitrogen and oxygen atoms in total. The maximum Gasteiger partial charge on any atom is 0.254 e. The average molecular weight is 351 g/mol. The fourth-order valence-electron chi connectivity index (χ4n) is 3.92. The van der Waals surface area contributed by atoms with E-state index in [1.165, 1.54) is 17.5 Å². The Kier molecular flexibility index (Phi) is 4.98. The minimum Gasteiger partial charge on any atom is -0.375 e. The first kappa shape index (κ1) is 17.2. The third kappa shape index (κ3) is 3.78. The molecule has 1 aliphatic carbocycles. The molecule has 1 aliphatic heterocycles. The molecule has 1 fully saturated rings. The number of hydrogen-bond donors (Lipinski definition) is 0. The summed E-state index contributed by atoms with van der Waals surface area (Å²) in [5.74, 6) is 0.130. The van der Waals surface area contributed by atoms with Gasteiger partial charge in [-0.05, 0) is 68.4 Å². The number of rotatable bonds is 4. The van der Waals surface area contributed by atoms with Crippen LogP contribution in [0.1, 0.15) is 45.7 Å². The maximum absolute atomic E-state index is 12.9. The highest BCUT2D eigenvalue weighted by atomic mass is 16.5. The Hall–Kier alpha value is -2.27. The molecule has 2 aliphatic rings. The van der Waals surface area contributed by atoms with Crippen molar-refractivity contribution in [1.29, 1.82) is 0 Å². The van der Waals surface area contributed by atoms with Crippen LogP contribution in [0.2, 0.25) is 0 Å². The van der Waals surface area contributed by atoms with Crippen molar-refractivity contribution in [3.8, 4) is 0 Å². The van der Waals surface area contributed by atoms with Gasteiger partial charge in [-0.1, -0.05) is 6.07 Å². The van der Waals surface area contributed by atoms with Gasteiger partial charge in [-0.2, -0.15) is 0 Å². The number of nitrogens with zero attached hydrogens (tertiary/aromatic N) is 3. The Bertz CT molecular complexity index is 806. The molecule has 0 radical (unpaired) electrons. The lowest BCUT2D eigenvalue weighted by Crippen LogP contribution is -2.45. The Balaban J connectivity index is 1.37. The van der Waals surface area contributed by atoms with Crippen molar-refractivity contribution < 1.29 is 9.53 Å². The highest BCUT2D eigenvalue weighted by molar-refractivity contribution is 5.94. The van der Waals surface area contributed by atoms with E-state index >= 15 is 0 Å². The minimum absolute atomic E-state index is 0.0670. The fraction of sp³-hybridized carbons (Fsp3) is 0.476. The molecular formula is C21H25N3O2. The van der Waals surface area contributed by atoms with Crippen LogP contribution in [0.3, 0.4) is 0 Å². The Morgan fingerprint density at radius 3 is 3.00 bits per heavy atom. The normalized spacial score (nSPS) is 19.4. The van der Waals surface area contributed by atoms with Crippen LogP contribution in [0.5, 0.6) is 0 Å². The molecule has 0 unspecified atom stereocenters. The van der Waals surface area contributed by atoms with Crippen LogP contribution in [0.25, 0.3) is 0 Å². The molecule has 0 saturated carbocycles. The van der Waals surface area contributed by atoms with Crippen molar-refractivity contribution in [2.45, 2.75) is 45.1 Å². The van der Waals surface area contributed by atoms with E-state index in [2.05, 4.69) is 22.1 Å². The number of aromatic nitrogens is 2. The number of fused-ring (bicyclic) bond motifs is 1. The summed E-state index contributed by atoms with van der Waals surface area (Å²) in [5.41, 5.74) is 5.58. The number of hydrogen-bond acceptors (Lipinski definition) is 4. The van der Waals surface area contributed by atoms with Crippen LogP contribution < -0.4 is 0 Å². The molecular weight excluding hydrogens is 326 g/mol. The van der Waals surface area contributed by atoms with Gasteiger partial charge >= 0.3 is 0 Å². The Labute approximate surface area is 154 Å². The summed E-state index contributed by atoms with van der Waals surface area (Å²) in [6.45, 7) is 3.89. The molecule has 136 valence electrons. The van der Waals surface area contributed by atoms with Crippen molar-refractivity contribution in [3.63, 3.8) is 0 Å². The molecule has 2 aromatic rings. The van der Waals surface area contributed by atoms with E-state index in [0.29, 0.717) is 19.7 Å². The Morgan fingerprint density at radius 2 is 2.12 bits per heavy atom. The lowest BCUT2D eigenvalue weighted by atomic mass is 10.0. The van der Waals surface area contributed by atoms with E-state index in [1.807, 2.05) is 24.0 Å². The summed E-state index contributed by atoms with van der Waals surface area (Å²) in [4.78, 5) is 23.3. The van der Waals surface area contributed by atoms with Crippen LogP contribution in [-0.4, -0.2) is 46.6 Å². The van der Waals surface area contributed by atoms with Crippen molar-refractivity contribution in [3.05, 3.63) is 58.7 Å². The summed E-state index contributed by atoms with van der Waals surface area (Å²) in [6.07, 6.45) is 6.83. The largest absolute Gasteiger partial charge is 0.375 e. The van der Waals surface area contributed by atoms with Crippen LogP contribution in [0.4, 0.5) is 0 Å². The van der Waals surface area contributed by atoms with E-state index in [9.17, 15) is 4.79 Å². The minimum atomic E-state index is 0.0670. The van der Waals surface area contributed by atoms with E-state index in [1.54, 1.807) is 6.33 Å². The zero-order chi connectivity index (χ0) is 17.9. The zero-order valence-corrected chi connectivity index (χ0v) is 15.3. The SMILES string of the molecule is Cc1cc(CC[C@H]2CN(C(=O)c3ccc4c(c3)CCC4)CCO2)ncn1. The highest BCUT2D eigenvalue weighted by Crippen LogP contribution is 2.24. The number of carbonyl (C=O) groups excluding carboxylic acids is 1. The number of carbonyl (C=O) groups is 1. The molecule has 1 saturated heterocycles. The molecule has 26 heavy (non-hydrogen) atoms. The number of aryl methyl sites for hydroxylation is 4. The number of morpholine rings is 1. The fourth-order valence-corrected chi connectivity index (χ4v) is 3.92. The molecule has 1 aromatic heterocycles. The molecule has 0 bridgehead atoms. The van der Waals surface area contributed by atoms with Gasteiger partial charge in [-0.25, -0.2) is 9.97 Å². The number of benzene rings is 1. The molecule has 0 N–H and O–H groups in total. The third-order valence-electron chi connectivity index (χ3n) is 5.35. The van der Waals surface area contributed by atoms with Crippen molar-refractivity contribution in [2.75, 3.05) is 19.7 Å². The van der Waals surface area contributed by atoms with Crippen LogP contribution in [-0.2, 0) is 24.0 Å².